The number of nitrogens with zero attached hydrogens (tertiary/aromatic N) is 2. The van der Waals surface area contributed by atoms with E-state index in [4.69, 9.17) is 23.2 Å². The van der Waals surface area contributed by atoms with E-state index >= 15 is 4.79 Å². The van der Waals surface area contributed by atoms with E-state index in [1.807, 2.05) is 6.08 Å². The third kappa shape index (κ3) is 4.63. The summed E-state index contributed by atoms with van der Waals surface area (Å²) in [5.74, 6) is -6.59. The number of fused-ring (bicyclic) bond motifs is 4. The number of pyridine rings is 1. The normalized spacial score (nSPS) is 28.1. The van der Waals surface area contributed by atoms with Gasteiger partial charge in [-0.05, 0) is 73.1 Å². The predicted octanol–water partition coefficient (Wildman–Crippen LogP) is 6.00. The molecule has 3 fully saturated rings. The summed E-state index contributed by atoms with van der Waals surface area (Å²) in [5.41, 5.74) is 2.60. The van der Waals surface area contributed by atoms with E-state index in [-0.39, 0.29) is 24.4 Å². The summed E-state index contributed by atoms with van der Waals surface area (Å²) in [6, 6.07) is 10.6. The van der Waals surface area contributed by atoms with Crippen LogP contribution in [0, 0.1) is 37.5 Å². The molecule has 6 atom stereocenters. The minimum Gasteiger partial charge on any atom is -0.507 e. The van der Waals surface area contributed by atoms with Gasteiger partial charge in [0, 0.05) is 17.1 Å². The van der Waals surface area contributed by atoms with Crippen molar-refractivity contribution >= 4 is 52.6 Å². The molecule has 4 aliphatic rings. The van der Waals surface area contributed by atoms with Gasteiger partial charge in [-0.3, -0.25) is 29.9 Å². The average molecular weight is 700 g/mol. The van der Waals surface area contributed by atoms with Gasteiger partial charge < -0.3 is 5.11 Å². The number of benzene rings is 2. The minimum atomic E-state index is -4.73. The van der Waals surface area contributed by atoms with Crippen molar-refractivity contribution in [1.82, 2.24) is 15.3 Å². The number of aryl methyl sites for hydroxylation is 2. The number of halogens is 5. The number of alkyl halides is 3. The fraction of sp³-hybridized carbons (Fsp3) is 0.324. The zero-order chi connectivity index (χ0) is 34.4. The number of amides is 4. The lowest BCUT2D eigenvalue weighted by Crippen LogP contribution is -2.53. The molecule has 3 N–H and O–H groups in total. The fourth-order valence-corrected chi connectivity index (χ4v) is 8.56. The van der Waals surface area contributed by atoms with Gasteiger partial charge in [-0.2, -0.15) is 18.2 Å². The van der Waals surface area contributed by atoms with Crippen LogP contribution < -0.4 is 10.7 Å². The number of imide groups is 2. The van der Waals surface area contributed by atoms with Gasteiger partial charge in [0.15, 0.2) is 5.82 Å². The molecule has 0 bridgehead atoms. The summed E-state index contributed by atoms with van der Waals surface area (Å²) < 4.78 is 40.1. The number of hydrazine groups is 1. The maximum Gasteiger partial charge on any atom is 0.417 e. The number of carbonyl (C=O) groups is 4. The molecule has 0 radical (unpaired) electrons. The second-order valence-corrected chi connectivity index (χ2v) is 13.6. The van der Waals surface area contributed by atoms with E-state index in [1.165, 1.54) is 0 Å². The topological polar surface area (TPSA) is 129 Å². The number of hydrogen-bond donors (Lipinski definition) is 3. The Kier molecular flexibility index (Phi) is 7.41. The van der Waals surface area contributed by atoms with Gasteiger partial charge >= 0.3 is 6.18 Å². The summed E-state index contributed by atoms with van der Waals surface area (Å²) in [6.45, 7) is 3.42. The molecular weight excluding hydrogens is 672 g/mol. The first-order valence-electron chi connectivity index (χ1n) is 15.1. The van der Waals surface area contributed by atoms with Crippen molar-refractivity contribution in [2.75, 3.05) is 5.43 Å². The van der Waals surface area contributed by atoms with Crippen LogP contribution in [0.2, 0.25) is 10.0 Å². The molecule has 14 heteroatoms. The van der Waals surface area contributed by atoms with E-state index < -0.39 is 75.4 Å². The monoisotopic (exact) mass is 698 g/mol. The first kappa shape index (κ1) is 32.1. The third-order valence-corrected chi connectivity index (χ3v) is 10.8. The van der Waals surface area contributed by atoms with Crippen LogP contribution in [-0.2, 0) is 30.8 Å². The molecular formula is C34H27Cl2F3N4O5. The average Bonchev–Trinajstić information content (AvgIpc) is 3.44. The molecule has 9 nitrogen and oxygen atoms in total. The number of anilines is 1. The molecule has 48 heavy (non-hydrogen) atoms. The summed E-state index contributed by atoms with van der Waals surface area (Å²) in [6.07, 6.45) is -2.06. The number of phenols is 1. The van der Waals surface area contributed by atoms with Gasteiger partial charge in [0.05, 0.1) is 33.8 Å². The summed E-state index contributed by atoms with van der Waals surface area (Å²) in [4.78, 5) is 59.5. The largest absolute Gasteiger partial charge is 0.507 e. The fourth-order valence-electron chi connectivity index (χ4n) is 8.22. The molecule has 2 saturated heterocycles. The van der Waals surface area contributed by atoms with Gasteiger partial charge in [0.1, 0.15) is 5.75 Å². The summed E-state index contributed by atoms with van der Waals surface area (Å²) in [7, 11) is 0. The molecule has 0 spiro atoms. The van der Waals surface area contributed by atoms with Crippen molar-refractivity contribution < 1.29 is 37.5 Å². The van der Waals surface area contributed by atoms with Crippen molar-refractivity contribution in [2.24, 2.45) is 23.7 Å². The number of aromatic hydroxyl groups is 1. The molecule has 0 unspecified atom stereocenters. The molecule has 2 aliphatic heterocycles. The molecule has 248 valence electrons. The maximum atomic E-state index is 15.1. The smallest absolute Gasteiger partial charge is 0.417 e. The Morgan fingerprint density at radius 2 is 1.67 bits per heavy atom. The lowest BCUT2D eigenvalue weighted by molar-refractivity contribution is -0.139. The molecule has 4 amide bonds. The van der Waals surface area contributed by atoms with E-state index in [1.54, 1.807) is 50.2 Å². The Bertz CT molecular complexity index is 1940. The van der Waals surface area contributed by atoms with Gasteiger partial charge in [0.2, 0.25) is 11.8 Å². The van der Waals surface area contributed by atoms with Crippen LogP contribution in [0.3, 0.4) is 0 Å². The lowest BCUT2D eigenvalue weighted by Gasteiger charge is -2.50. The molecule has 3 aromatic rings. The van der Waals surface area contributed by atoms with Crippen molar-refractivity contribution in [3.63, 3.8) is 0 Å². The Balaban J connectivity index is 1.46. The van der Waals surface area contributed by atoms with Crippen LogP contribution in [0.4, 0.5) is 19.0 Å². The van der Waals surface area contributed by atoms with Crippen molar-refractivity contribution in [1.29, 1.82) is 0 Å². The van der Waals surface area contributed by atoms with Crippen LogP contribution in [-0.4, -0.2) is 38.7 Å². The summed E-state index contributed by atoms with van der Waals surface area (Å²) >= 11 is 12.5. The van der Waals surface area contributed by atoms with Crippen molar-refractivity contribution in [3.8, 4) is 5.75 Å². The van der Waals surface area contributed by atoms with E-state index in [0.29, 0.717) is 45.1 Å². The van der Waals surface area contributed by atoms with E-state index in [2.05, 4.69) is 15.7 Å². The number of carbonyl (C=O) groups excluding carboxylic acids is 4. The number of rotatable bonds is 4. The Morgan fingerprint density at radius 3 is 2.29 bits per heavy atom. The van der Waals surface area contributed by atoms with Gasteiger partial charge in [0.25, 0.3) is 11.8 Å². The molecule has 2 aromatic carbocycles. The maximum absolute atomic E-state index is 15.1. The molecule has 2 aliphatic carbocycles. The zero-order valence-corrected chi connectivity index (χ0v) is 26.9. The zero-order valence-electron chi connectivity index (χ0n) is 25.4. The van der Waals surface area contributed by atoms with Crippen molar-refractivity contribution in [3.05, 3.63) is 98.2 Å². The second-order valence-electron chi connectivity index (χ2n) is 12.8. The van der Waals surface area contributed by atoms with E-state index in [9.17, 15) is 32.7 Å². The van der Waals surface area contributed by atoms with Crippen LogP contribution in [0.1, 0.15) is 46.6 Å². The molecule has 3 heterocycles. The molecule has 1 aromatic heterocycles. The Morgan fingerprint density at radius 1 is 1.00 bits per heavy atom. The quantitative estimate of drug-likeness (QED) is 0.225. The predicted molar refractivity (Wildman–Crippen MR) is 168 cm³/mol. The minimum absolute atomic E-state index is 0.0137. The van der Waals surface area contributed by atoms with Crippen LogP contribution in [0.25, 0.3) is 0 Å². The summed E-state index contributed by atoms with van der Waals surface area (Å²) in [5, 5.41) is 13.8. The highest BCUT2D eigenvalue weighted by Gasteiger charge is 2.70. The van der Waals surface area contributed by atoms with Crippen LogP contribution in [0.5, 0.6) is 5.75 Å². The number of phenolic OH excluding ortho intramolecular Hbond substituents is 1. The SMILES string of the molecule is Cc1cc([C@H]2C3=CC[C@@H]4C(=O)NC(=O)[C@@H]4[C@@H]3C[C@H]3C(=O)N(Nc4ncc(C(F)(F)F)cc4Cl)C(=O)[C@@]23c2ccc(Cl)cc2)cc(C)c1O. The van der Waals surface area contributed by atoms with Gasteiger partial charge in [-0.15, -0.1) is 0 Å². The first-order chi connectivity index (χ1) is 22.6. The highest BCUT2D eigenvalue weighted by Crippen LogP contribution is 2.64. The standard InChI is InChI=1S/C34H27Cl2F3N4O5/c1-14-9-16(10-15(2)27(14)44)26-20-7-8-21-25(30(46)41-29(21)45)22(20)12-23-31(47)43(32(48)33(23,26)17-3-5-19(35)6-4-17)42-28-24(36)11-18(13-40-28)34(37,38)39/h3-7,9-11,13,21-23,25-26,44H,8,12H2,1-2H3,(H,40,42)(H,41,45,46)/t21-,22+,23-,25-,26-,33+/m0/s1. The Labute approximate surface area is 282 Å². The number of nitrogens with one attached hydrogen (secondary N) is 2. The van der Waals surface area contributed by atoms with E-state index in [0.717, 1.165) is 5.01 Å². The number of allylic oxidation sites excluding steroid dienone is 2. The molecule has 1 saturated carbocycles. The number of aromatic nitrogens is 1. The van der Waals surface area contributed by atoms with Gasteiger partial charge in [-0.25, -0.2) is 4.98 Å². The highest BCUT2D eigenvalue weighted by molar-refractivity contribution is 6.33. The third-order valence-electron chi connectivity index (χ3n) is 10.2. The first-order valence-corrected chi connectivity index (χ1v) is 15.9. The highest BCUT2D eigenvalue weighted by atomic mass is 35.5. The molecule has 7 rings (SSSR count). The van der Waals surface area contributed by atoms with Crippen LogP contribution >= 0.6 is 23.2 Å². The Hall–Kier alpha value is -4.42. The van der Waals surface area contributed by atoms with Crippen LogP contribution in [0.15, 0.2) is 60.3 Å². The number of hydrogen-bond acceptors (Lipinski definition) is 7. The second kappa shape index (κ2) is 11.1. The lowest BCUT2D eigenvalue weighted by atomic mass is 9.49. The van der Waals surface area contributed by atoms with Crippen molar-refractivity contribution in [2.45, 2.75) is 44.2 Å². The van der Waals surface area contributed by atoms with Gasteiger partial charge in [-0.1, -0.05) is 59.1 Å².